The summed E-state index contributed by atoms with van der Waals surface area (Å²) in [6.07, 6.45) is 1.38. The van der Waals surface area contributed by atoms with Gasteiger partial charge in [0.2, 0.25) is 5.91 Å². The summed E-state index contributed by atoms with van der Waals surface area (Å²) in [6.45, 7) is 3.70. The van der Waals surface area contributed by atoms with Crippen LogP contribution in [0.15, 0.2) is 15.9 Å². The Kier molecular flexibility index (Phi) is 3.84. The zero-order valence-electron chi connectivity index (χ0n) is 13.7. The molecule has 0 aliphatic heterocycles. The van der Waals surface area contributed by atoms with Gasteiger partial charge in [-0.05, 0) is 13.8 Å². The Hall–Kier alpha value is -2.75. The van der Waals surface area contributed by atoms with Crippen LogP contribution < -0.4 is 16.6 Å². The highest BCUT2D eigenvalue weighted by Crippen LogP contribution is 2.21. The molecule has 3 aromatic heterocycles. The first-order valence-corrected chi connectivity index (χ1v) is 7.96. The van der Waals surface area contributed by atoms with E-state index in [2.05, 4.69) is 15.3 Å². The number of nitrogens with zero attached hydrogens (tertiary/aromatic N) is 5. The van der Waals surface area contributed by atoms with Gasteiger partial charge in [0.15, 0.2) is 16.3 Å². The smallest absolute Gasteiger partial charge is 0.315 e. The molecule has 10 heteroatoms. The number of aromatic nitrogens is 5. The second-order valence-corrected chi connectivity index (χ2v) is 6.66. The summed E-state index contributed by atoms with van der Waals surface area (Å²) in [6, 6.07) is 0. The third-order valence-corrected chi connectivity index (χ3v) is 4.79. The van der Waals surface area contributed by atoms with Crippen LogP contribution in [0.4, 0.5) is 5.13 Å². The van der Waals surface area contributed by atoms with Gasteiger partial charge in [-0.1, -0.05) is 0 Å². The molecule has 0 aliphatic rings. The number of carbonyl (C=O) groups is 1. The first-order chi connectivity index (χ1) is 11.3. The first kappa shape index (κ1) is 16.1. The number of aryl methyl sites for hydroxylation is 3. The average molecular weight is 348 g/mol. The van der Waals surface area contributed by atoms with E-state index in [0.717, 1.165) is 15.1 Å². The van der Waals surface area contributed by atoms with Crippen molar-refractivity contribution in [1.82, 2.24) is 23.7 Å². The maximum atomic E-state index is 12.3. The van der Waals surface area contributed by atoms with Crippen LogP contribution in [0.2, 0.25) is 0 Å². The summed E-state index contributed by atoms with van der Waals surface area (Å²) in [5.74, 6) is -0.320. The molecule has 0 saturated carbocycles. The van der Waals surface area contributed by atoms with Crippen molar-refractivity contribution in [2.75, 3.05) is 5.32 Å². The summed E-state index contributed by atoms with van der Waals surface area (Å²) in [5.41, 5.74) is 0.376. The molecule has 0 spiro atoms. The average Bonchev–Trinajstić information content (AvgIpc) is 3.07. The van der Waals surface area contributed by atoms with Crippen molar-refractivity contribution in [1.29, 1.82) is 0 Å². The van der Waals surface area contributed by atoms with Crippen LogP contribution >= 0.6 is 11.3 Å². The lowest BCUT2D eigenvalue weighted by Crippen LogP contribution is -2.37. The molecule has 24 heavy (non-hydrogen) atoms. The Morgan fingerprint density at radius 1 is 1.25 bits per heavy atom. The van der Waals surface area contributed by atoms with Crippen LogP contribution in [0.3, 0.4) is 0 Å². The van der Waals surface area contributed by atoms with E-state index in [-0.39, 0.29) is 23.6 Å². The third kappa shape index (κ3) is 2.54. The monoisotopic (exact) mass is 348 g/mol. The molecule has 0 radical (unpaired) electrons. The lowest BCUT2D eigenvalue weighted by atomic mass is 10.4. The summed E-state index contributed by atoms with van der Waals surface area (Å²) in [5, 5.41) is 3.22. The van der Waals surface area contributed by atoms with Gasteiger partial charge in [-0.3, -0.25) is 18.7 Å². The minimum atomic E-state index is -0.487. The molecule has 0 bridgehead atoms. The van der Waals surface area contributed by atoms with E-state index in [1.54, 1.807) is 0 Å². The highest BCUT2D eigenvalue weighted by molar-refractivity contribution is 7.15. The molecule has 0 unspecified atom stereocenters. The standard InChI is InChI=1S/C14H16N6O3S/c1-7-8(2)24-13(16-7)17-9(21)5-20-6-15-11-10(20)12(22)19(4)14(23)18(11)3/h6H,5H2,1-4H3,(H,16,17,21). The van der Waals surface area contributed by atoms with Crippen molar-refractivity contribution in [2.45, 2.75) is 20.4 Å². The van der Waals surface area contributed by atoms with E-state index in [4.69, 9.17) is 0 Å². The van der Waals surface area contributed by atoms with Crippen LogP contribution in [-0.2, 0) is 25.4 Å². The van der Waals surface area contributed by atoms with Crippen molar-refractivity contribution in [3.05, 3.63) is 37.7 Å². The van der Waals surface area contributed by atoms with E-state index < -0.39 is 11.2 Å². The number of carbonyl (C=O) groups excluding carboxylic acids is 1. The maximum absolute atomic E-state index is 12.3. The van der Waals surface area contributed by atoms with Gasteiger partial charge >= 0.3 is 5.69 Å². The second kappa shape index (κ2) is 5.71. The number of amides is 1. The number of hydrogen-bond donors (Lipinski definition) is 1. The number of imidazole rings is 1. The van der Waals surface area contributed by atoms with Crippen LogP contribution in [0.25, 0.3) is 11.2 Å². The summed E-state index contributed by atoms with van der Waals surface area (Å²) in [4.78, 5) is 45.8. The highest BCUT2D eigenvalue weighted by atomic mass is 32.1. The Morgan fingerprint density at radius 3 is 2.58 bits per heavy atom. The van der Waals surface area contributed by atoms with Crippen molar-refractivity contribution in [2.24, 2.45) is 14.1 Å². The molecule has 1 N–H and O–H groups in total. The largest absolute Gasteiger partial charge is 0.332 e. The van der Waals surface area contributed by atoms with E-state index in [0.29, 0.717) is 5.13 Å². The third-order valence-electron chi connectivity index (χ3n) is 3.81. The number of rotatable bonds is 3. The molecule has 3 aromatic rings. The van der Waals surface area contributed by atoms with Crippen molar-refractivity contribution in [3.8, 4) is 0 Å². The second-order valence-electron chi connectivity index (χ2n) is 5.46. The summed E-state index contributed by atoms with van der Waals surface area (Å²) < 4.78 is 3.70. The molecule has 0 aromatic carbocycles. The van der Waals surface area contributed by atoms with Gasteiger partial charge < -0.3 is 9.88 Å². The quantitative estimate of drug-likeness (QED) is 0.725. The normalized spacial score (nSPS) is 11.2. The molecular weight excluding hydrogens is 332 g/mol. The van der Waals surface area contributed by atoms with Gasteiger partial charge in [0.05, 0.1) is 12.0 Å². The molecule has 0 atom stereocenters. The fourth-order valence-corrected chi connectivity index (χ4v) is 3.19. The highest BCUT2D eigenvalue weighted by Gasteiger charge is 2.16. The molecule has 9 nitrogen and oxygen atoms in total. The van der Waals surface area contributed by atoms with Gasteiger partial charge in [-0.15, -0.1) is 11.3 Å². The van der Waals surface area contributed by atoms with Crippen LogP contribution in [-0.4, -0.2) is 29.6 Å². The Bertz CT molecular complexity index is 1050. The van der Waals surface area contributed by atoms with Crippen LogP contribution in [0.1, 0.15) is 10.6 Å². The van der Waals surface area contributed by atoms with E-state index in [9.17, 15) is 14.4 Å². The zero-order chi connectivity index (χ0) is 17.6. The Balaban J connectivity index is 1.94. The predicted octanol–water partition coefficient (Wildman–Crippen LogP) is 0.146. The molecule has 0 fully saturated rings. The summed E-state index contributed by atoms with van der Waals surface area (Å²) in [7, 11) is 2.92. The molecule has 1 amide bonds. The lowest BCUT2D eigenvalue weighted by Gasteiger charge is -2.06. The first-order valence-electron chi connectivity index (χ1n) is 7.14. The number of nitrogens with one attached hydrogen (secondary N) is 1. The van der Waals surface area contributed by atoms with E-state index in [1.165, 1.54) is 40.9 Å². The molecular formula is C14H16N6O3S. The fourth-order valence-electron chi connectivity index (χ4n) is 2.36. The Labute approximate surface area is 140 Å². The van der Waals surface area contributed by atoms with E-state index >= 15 is 0 Å². The topological polar surface area (TPSA) is 104 Å². The Morgan fingerprint density at radius 2 is 1.96 bits per heavy atom. The minimum absolute atomic E-state index is 0.0956. The number of hydrogen-bond acceptors (Lipinski definition) is 6. The van der Waals surface area contributed by atoms with E-state index in [1.807, 2.05) is 13.8 Å². The lowest BCUT2D eigenvalue weighted by molar-refractivity contribution is -0.116. The van der Waals surface area contributed by atoms with Crippen molar-refractivity contribution >= 4 is 33.5 Å². The molecule has 3 heterocycles. The number of anilines is 1. The molecule has 0 saturated heterocycles. The van der Waals surface area contributed by atoms with Crippen LogP contribution in [0, 0.1) is 13.8 Å². The summed E-state index contributed by atoms with van der Waals surface area (Å²) >= 11 is 1.39. The molecule has 3 rings (SSSR count). The number of fused-ring (bicyclic) bond motifs is 1. The van der Waals surface area contributed by atoms with Crippen molar-refractivity contribution < 1.29 is 4.79 Å². The number of thiazole rings is 1. The fraction of sp³-hybridized carbons (Fsp3) is 0.357. The SMILES string of the molecule is Cc1nc(NC(=O)Cn2cnc3c2c(=O)n(C)c(=O)n3C)sc1C. The van der Waals surface area contributed by atoms with Gasteiger partial charge in [-0.25, -0.2) is 14.8 Å². The van der Waals surface area contributed by atoms with Crippen molar-refractivity contribution in [3.63, 3.8) is 0 Å². The zero-order valence-corrected chi connectivity index (χ0v) is 14.5. The van der Waals surface area contributed by atoms with Gasteiger partial charge in [-0.2, -0.15) is 0 Å². The van der Waals surface area contributed by atoms with Gasteiger partial charge in [0.1, 0.15) is 6.54 Å². The maximum Gasteiger partial charge on any atom is 0.332 e. The molecule has 0 aliphatic carbocycles. The van der Waals surface area contributed by atoms with Gasteiger partial charge in [0.25, 0.3) is 5.56 Å². The minimum Gasteiger partial charge on any atom is -0.315 e. The predicted molar refractivity (Wildman–Crippen MR) is 90.4 cm³/mol. The van der Waals surface area contributed by atoms with Crippen LogP contribution in [0.5, 0.6) is 0 Å². The molecule has 126 valence electrons. The van der Waals surface area contributed by atoms with Gasteiger partial charge in [0, 0.05) is 19.0 Å².